The average Bonchev–Trinajstić information content (AvgIpc) is 3.18. The number of ether oxygens (including phenoxy) is 1. The van der Waals surface area contributed by atoms with Gasteiger partial charge in [0.05, 0.1) is 17.2 Å². The second kappa shape index (κ2) is 8.54. The van der Waals surface area contributed by atoms with E-state index in [4.69, 9.17) is 16.3 Å². The minimum Gasteiger partial charge on any atom is -0.489 e. The summed E-state index contributed by atoms with van der Waals surface area (Å²) < 4.78 is 5.76. The van der Waals surface area contributed by atoms with Gasteiger partial charge < -0.3 is 9.84 Å². The van der Waals surface area contributed by atoms with Crippen molar-refractivity contribution in [3.05, 3.63) is 86.6 Å². The van der Waals surface area contributed by atoms with Crippen LogP contribution in [0.1, 0.15) is 22.3 Å². The SMILES string of the molecule is N#Cc1ccc(OCc2ccsc2)cc1/C=C(/C(=O)O)c1ccccc1Cl. The zero-order chi connectivity index (χ0) is 19.2. The molecular formula is C21H14ClNO3S. The number of rotatable bonds is 6. The van der Waals surface area contributed by atoms with Crippen LogP contribution in [0.5, 0.6) is 5.75 Å². The van der Waals surface area contributed by atoms with E-state index in [9.17, 15) is 15.2 Å². The van der Waals surface area contributed by atoms with E-state index in [1.807, 2.05) is 16.8 Å². The van der Waals surface area contributed by atoms with Gasteiger partial charge in [0.15, 0.2) is 0 Å². The zero-order valence-corrected chi connectivity index (χ0v) is 15.6. The molecule has 0 spiro atoms. The Morgan fingerprint density at radius 3 is 2.74 bits per heavy atom. The number of carbonyl (C=O) groups is 1. The summed E-state index contributed by atoms with van der Waals surface area (Å²) in [5.74, 6) is -0.577. The lowest BCUT2D eigenvalue weighted by molar-refractivity contribution is -0.130. The van der Waals surface area contributed by atoms with Gasteiger partial charge >= 0.3 is 5.97 Å². The molecule has 134 valence electrons. The number of benzene rings is 2. The van der Waals surface area contributed by atoms with Crippen molar-refractivity contribution in [3.63, 3.8) is 0 Å². The molecular weight excluding hydrogens is 382 g/mol. The van der Waals surface area contributed by atoms with Crippen molar-refractivity contribution in [1.29, 1.82) is 5.26 Å². The second-order valence-corrected chi connectivity index (χ2v) is 6.81. The minimum absolute atomic E-state index is 0.00656. The van der Waals surface area contributed by atoms with Crippen LogP contribution in [0.3, 0.4) is 0 Å². The lowest BCUT2D eigenvalue weighted by Gasteiger charge is -2.09. The Bertz CT molecular complexity index is 1040. The van der Waals surface area contributed by atoms with Crippen LogP contribution in [-0.2, 0) is 11.4 Å². The highest BCUT2D eigenvalue weighted by Gasteiger charge is 2.15. The summed E-state index contributed by atoms with van der Waals surface area (Å²) >= 11 is 7.73. The summed E-state index contributed by atoms with van der Waals surface area (Å²) in [5.41, 5.74) is 2.25. The average molecular weight is 396 g/mol. The highest BCUT2D eigenvalue weighted by Crippen LogP contribution is 2.28. The second-order valence-electron chi connectivity index (χ2n) is 5.62. The normalized spacial score (nSPS) is 11.0. The van der Waals surface area contributed by atoms with Gasteiger partial charge in [-0.25, -0.2) is 4.79 Å². The van der Waals surface area contributed by atoms with Crippen LogP contribution in [0.25, 0.3) is 11.6 Å². The van der Waals surface area contributed by atoms with Crippen molar-refractivity contribution in [3.8, 4) is 11.8 Å². The molecule has 0 unspecified atom stereocenters. The van der Waals surface area contributed by atoms with Gasteiger partial charge in [-0.05, 0) is 58.3 Å². The fourth-order valence-corrected chi connectivity index (χ4v) is 3.37. The maximum absolute atomic E-state index is 11.8. The number of carboxylic acid groups (broad SMARTS) is 1. The number of nitriles is 1. The molecule has 4 nitrogen and oxygen atoms in total. The number of carboxylic acids is 1. The molecule has 2 aromatic carbocycles. The summed E-state index contributed by atoms with van der Waals surface area (Å²) in [6.45, 7) is 0.398. The van der Waals surface area contributed by atoms with Crippen molar-refractivity contribution >= 4 is 40.6 Å². The van der Waals surface area contributed by atoms with Crippen LogP contribution >= 0.6 is 22.9 Å². The van der Waals surface area contributed by atoms with Crippen LogP contribution in [0.2, 0.25) is 5.02 Å². The third-order valence-corrected chi connectivity index (χ3v) is 4.89. The Morgan fingerprint density at radius 1 is 1.26 bits per heavy atom. The predicted octanol–water partition coefficient (Wildman–Crippen LogP) is 5.48. The van der Waals surface area contributed by atoms with Crippen LogP contribution < -0.4 is 4.74 Å². The zero-order valence-electron chi connectivity index (χ0n) is 14.1. The number of nitrogens with zero attached hydrogens (tertiary/aromatic N) is 1. The Morgan fingerprint density at radius 2 is 2.07 bits per heavy atom. The van der Waals surface area contributed by atoms with E-state index in [-0.39, 0.29) is 5.57 Å². The van der Waals surface area contributed by atoms with Crippen molar-refractivity contribution in [2.75, 3.05) is 0 Å². The highest BCUT2D eigenvalue weighted by atomic mass is 35.5. The summed E-state index contributed by atoms with van der Waals surface area (Å²) in [6.07, 6.45) is 1.44. The molecule has 3 aromatic rings. The molecule has 0 fully saturated rings. The fourth-order valence-electron chi connectivity index (χ4n) is 2.48. The monoisotopic (exact) mass is 395 g/mol. The smallest absolute Gasteiger partial charge is 0.336 e. The molecule has 0 aliphatic heterocycles. The van der Waals surface area contributed by atoms with Gasteiger partial charge in [0.25, 0.3) is 0 Å². The molecule has 0 radical (unpaired) electrons. The van der Waals surface area contributed by atoms with Crippen LogP contribution in [0.4, 0.5) is 0 Å². The van der Waals surface area contributed by atoms with Gasteiger partial charge in [-0.15, -0.1) is 0 Å². The summed E-state index contributed by atoms with van der Waals surface area (Å²) in [6, 6.07) is 15.7. The van der Waals surface area contributed by atoms with Crippen molar-refractivity contribution in [1.82, 2.24) is 0 Å². The number of halogens is 1. The standard InChI is InChI=1S/C21H14ClNO3S/c22-20-4-2-1-3-18(20)19(21(24)25)10-16-9-17(6-5-15(16)11-23)26-12-14-7-8-27-13-14/h1-10,13H,12H2,(H,24,25)/b19-10+. The van der Waals surface area contributed by atoms with E-state index in [1.54, 1.807) is 53.8 Å². The quantitative estimate of drug-likeness (QED) is 0.443. The lowest BCUT2D eigenvalue weighted by Crippen LogP contribution is -2.01. The van der Waals surface area contributed by atoms with Gasteiger partial charge in [0.1, 0.15) is 12.4 Å². The molecule has 27 heavy (non-hydrogen) atoms. The van der Waals surface area contributed by atoms with E-state index < -0.39 is 5.97 Å². The summed E-state index contributed by atoms with van der Waals surface area (Å²) in [7, 11) is 0. The third kappa shape index (κ3) is 4.56. The Hall–Kier alpha value is -3.07. The Kier molecular flexibility index (Phi) is 5.92. The number of hydrogen-bond acceptors (Lipinski definition) is 4. The molecule has 0 bridgehead atoms. The van der Waals surface area contributed by atoms with Gasteiger partial charge in [0.2, 0.25) is 0 Å². The Balaban J connectivity index is 1.98. The third-order valence-electron chi connectivity index (χ3n) is 3.82. The number of aliphatic carboxylic acids is 1. The maximum atomic E-state index is 11.8. The molecule has 3 rings (SSSR count). The minimum atomic E-state index is -1.13. The molecule has 1 aromatic heterocycles. The molecule has 6 heteroatoms. The summed E-state index contributed by atoms with van der Waals surface area (Å²) in [5, 5.41) is 23.3. The number of thiophene rings is 1. The lowest BCUT2D eigenvalue weighted by atomic mass is 10.00. The molecule has 0 aliphatic carbocycles. The van der Waals surface area contributed by atoms with Crippen molar-refractivity contribution in [2.24, 2.45) is 0 Å². The first-order valence-corrected chi connectivity index (χ1v) is 9.28. The van der Waals surface area contributed by atoms with Crippen LogP contribution in [-0.4, -0.2) is 11.1 Å². The van der Waals surface area contributed by atoms with Crippen LogP contribution in [0, 0.1) is 11.3 Å². The largest absolute Gasteiger partial charge is 0.489 e. The number of hydrogen-bond donors (Lipinski definition) is 1. The van der Waals surface area contributed by atoms with Gasteiger partial charge in [-0.3, -0.25) is 0 Å². The molecule has 0 amide bonds. The van der Waals surface area contributed by atoms with Crippen molar-refractivity contribution in [2.45, 2.75) is 6.61 Å². The predicted molar refractivity (Wildman–Crippen MR) is 107 cm³/mol. The van der Waals surface area contributed by atoms with Gasteiger partial charge in [-0.2, -0.15) is 16.6 Å². The molecule has 0 atom stereocenters. The first-order chi connectivity index (χ1) is 13.1. The van der Waals surface area contributed by atoms with Gasteiger partial charge in [-0.1, -0.05) is 29.8 Å². The fraction of sp³-hybridized carbons (Fsp3) is 0.0476. The van der Waals surface area contributed by atoms with E-state index in [1.165, 1.54) is 6.08 Å². The topological polar surface area (TPSA) is 70.3 Å². The maximum Gasteiger partial charge on any atom is 0.336 e. The van der Waals surface area contributed by atoms with E-state index >= 15 is 0 Å². The van der Waals surface area contributed by atoms with E-state index in [0.29, 0.717) is 34.1 Å². The first kappa shape index (κ1) is 18.7. The molecule has 0 saturated heterocycles. The van der Waals surface area contributed by atoms with E-state index in [2.05, 4.69) is 6.07 Å². The first-order valence-electron chi connectivity index (χ1n) is 7.96. The van der Waals surface area contributed by atoms with E-state index in [0.717, 1.165) is 5.56 Å². The van der Waals surface area contributed by atoms with Gasteiger partial charge in [0, 0.05) is 10.6 Å². The molecule has 1 heterocycles. The van der Waals surface area contributed by atoms with Crippen LogP contribution in [0.15, 0.2) is 59.3 Å². The van der Waals surface area contributed by atoms with Crippen molar-refractivity contribution < 1.29 is 14.6 Å². The molecule has 1 N–H and O–H groups in total. The molecule has 0 aliphatic rings. The molecule has 0 saturated carbocycles. The Labute approximate surface area is 165 Å². The highest BCUT2D eigenvalue weighted by molar-refractivity contribution is 7.07. The summed E-state index contributed by atoms with van der Waals surface area (Å²) in [4.78, 5) is 11.8.